The number of rotatable bonds is 8. The summed E-state index contributed by atoms with van der Waals surface area (Å²) in [5, 5.41) is 0. The molecule has 0 spiro atoms. The third-order valence-corrected chi connectivity index (χ3v) is 4.66. The molecule has 0 amide bonds. The van der Waals surface area contributed by atoms with E-state index in [0.29, 0.717) is 0 Å². The lowest BCUT2D eigenvalue weighted by Crippen LogP contribution is -2.21. The van der Waals surface area contributed by atoms with Crippen molar-refractivity contribution in [1.29, 1.82) is 0 Å². The first kappa shape index (κ1) is 15.5. The van der Waals surface area contributed by atoms with Crippen LogP contribution in [0.4, 0.5) is 0 Å². The van der Waals surface area contributed by atoms with Gasteiger partial charge < -0.3 is 0 Å². The SMILES string of the molecule is C=CC1CCC(C(CCC)CCCC=CC)CC1. The second-order valence-corrected chi connectivity index (χ2v) is 5.96. The molecule has 0 N–H and O–H groups in total. The zero-order valence-corrected chi connectivity index (χ0v) is 12.5. The fraction of sp³-hybridized carbons (Fsp3) is 0.778. The van der Waals surface area contributed by atoms with E-state index in [-0.39, 0.29) is 0 Å². The second-order valence-electron chi connectivity index (χ2n) is 5.96. The van der Waals surface area contributed by atoms with E-state index in [1.165, 1.54) is 57.8 Å². The number of allylic oxidation sites excluding steroid dienone is 3. The largest absolute Gasteiger partial charge is 0.103 e. The molecule has 1 unspecified atom stereocenters. The summed E-state index contributed by atoms with van der Waals surface area (Å²) >= 11 is 0. The van der Waals surface area contributed by atoms with E-state index in [1.807, 2.05) is 0 Å². The maximum Gasteiger partial charge on any atom is -0.0236 e. The predicted molar refractivity (Wildman–Crippen MR) is 82.7 cm³/mol. The first-order valence-electron chi connectivity index (χ1n) is 8.05. The van der Waals surface area contributed by atoms with Crippen molar-refractivity contribution >= 4 is 0 Å². The maximum atomic E-state index is 3.95. The highest BCUT2D eigenvalue weighted by Gasteiger charge is 2.25. The Morgan fingerprint density at radius 3 is 2.44 bits per heavy atom. The monoisotopic (exact) mass is 248 g/mol. The molecule has 1 aliphatic carbocycles. The molecule has 0 radical (unpaired) electrons. The molecular weight excluding hydrogens is 216 g/mol. The smallest absolute Gasteiger partial charge is 0.0236 e. The minimum absolute atomic E-state index is 0.812. The number of unbranched alkanes of at least 4 members (excludes halogenated alkanes) is 1. The highest BCUT2D eigenvalue weighted by molar-refractivity contribution is 4.86. The van der Waals surface area contributed by atoms with Gasteiger partial charge in [0.25, 0.3) is 0 Å². The summed E-state index contributed by atoms with van der Waals surface area (Å²) in [5.41, 5.74) is 0. The van der Waals surface area contributed by atoms with Crippen molar-refractivity contribution in [1.82, 2.24) is 0 Å². The van der Waals surface area contributed by atoms with Crippen LogP contribution in [0, 0.1) is 17.8 Å². The Morgan fingerprint density at radius 1 is 1.17 bits per heavy atom. The molecule has 0 aromatic rings. The Kier molecular flexibility index (Phi) is 8.13. The van der Waals surface area contributed by atoms with Crippen LogP contribution in [0.25, 0.3) is 0 Å². The molecule has 18 heavy (non-hydrogen) atoms. The summed E-state index contributed by atoms with van der Waals surface area (Å²) in [4.78, 5) is 0. The van der Waals surface area contributed by atoms with Crippen LogP contribution < -0.4 is 0 Å². The summed E-state index contributed by atoms with van der Waals surface area (Å²) in [5.74, 6) is 2.81. The van der Waals surface area contributed by atoms with Crippen molar-refractivity contribution in [2.24, 2.45) is 17.8 Å². The molecule has 0 nitrogen and oxygen atoms in total. The first-order chi connectivity index (χ1) is 8.81. The van der Waals surface area contributed by atoms with Crippen LogP contribution >= 0.6 is 0 Å². The zero-order valence-electron chi connectivity index (χ0n) is 12.5. The van der Waals surface area contributed by atoms with Gasteiger partial charge in [-0.25, -0.2) is 0 Å². The lowest BCUT2D eigenvalue weighted by Gasteiger charge is -2.33. The molecule has 1 aliphatic rings. The molecule has 1 saturated carbocycles. The fourth-order valence-electron chi connectivity index (χ4n) is 3.50. The number of hydrogen-bond donors (Lipinski definition) is 0. The van der Waals surface area contributed by atoms with Crippen LogP contribution in [-0.4, -0.2) is 0 Å². The molecule has 1 atom stereocenters. The van der Waals surface area contributed by atoms with Crippen molar-refractivity contribution in [3.63, 3.8) is 0 Å². The molecular formula is C18H32. The Bertz CT molecular complexity index is 230. The third kappa shape index (κ3) is 5.42. The molecule has 0 bridgehead atoms. The van der Waals surface area contributed by atoms with Crippen molar-refractivity contribution in [3.05, 3.63) is 24.8 Å². The molecule has 1 rings (SSSR count). The molecule has 0 heteroatoms. The van der Waals surface area contributed by atoms with E-state index < -0.39 is 0 Å². The van der Waals surface area contributed by atoms with Crippen LogP contribution in [0.2, 0.25) is 0 Å². The van der Waals surface area contributed by atoms with Crippen LogP contribution in [0.5, 0.6) is 0 Å². The predicted octanol–water partition coefficient (Wildman–Crippen LogP) is 6.14. The summed E-state index contributed by atoms with van der Waals surface area (Å²) in [7, 11) is 0. The van der Waals surface area contributed by atoms with Crippen molar-refractivity contribution < 1.29 is 0 Å². The summed E-state index contributed by atoms with van der Waals surface area (Å²) in [6, 6.07) is 0. The van der Waals surface area contributed by atoms with Crippen LogP contribution in [0.3, 0.4) is 0 Å². The van der Waals surface area contributed by atoms with Gasteiger partial charge >= 0.3 is 0 Å². The highest BCUT2D eigenvalue weighted by atomic mass is 14.3. The van der Waals surface area contributed by atoms with E-state index in [2.05, 4.69) is 38.7 Å². The summed E-state index contributed by atoms with van der Waals surface area (Å²) < 4.78 is 0. The summed E-state index contributed by atoms with van der Waals surface area (Å²) in [6.07, 6.45) is 19.3. The standard InChI is InChI=1S/C18H32/c1-4-7-8-9-11-17(10-5-2)18-14-12-16(6-3)13-15-18/h4,6-7,16-18H,3,5,8-15H2,1-2H3. The van der Waals surface area contributed by atoms with Gasteiger partial charge in [-0.15, -0.1) is 6.58 Å². The fourth-order valence-corrected chi connectivity index (χ4v) is 3.50. The quantitative estimate of drug-likeness (QED) is 0.357. The molecule has 0 aromatic heterocycles. The topological polar surface area (TPSA) is 0 Å². The second kappa shape index (κ2) is 9.42. The Labute approximate surface area is 115 Å². The van der Waals surface area contributed by atoms with E-state index in [9.17, 15) is 0 Å². The zero-order chi connectivity index (χ0) is 13.2. The number of hydrogen-bond acceptors (Lipinski definition) is 0. The van der Waals surface area contributed by atoms with Gasteiger partial charge in [-0.05, 0) is 69.6 Å². The highest BCUT2D eigenvalue weighted by Crippen LogP contribution is 2.37. The third-order valence-electron chi connectivity index (χ3n) is 4.66. The van der Waals surface area contributed by atoms with Crippen molar-refractivity contribution in [2.75, 3.05) is 0 Å². The average molecular weight is 248 g/mol. The van der Waals surface area contributed by atoms with Gasteiger partial charge in [0.05, 0.1) is 0 Å². The van der Waals surface area contributed by atoms with Gasteiger partial charge in [0.15, 0.2) is 0 Å². The first-order valence-corrected chi connectivity index (χ1v) is 8.05. The molecule has 104 valence electrons. The normalized spacial score (nSPS) is 26.3. The Hall–Kier alpha value is -0.520. The van der Waals surface area contributed by atoms with Crippen molar-refractivity contribution in [2.45, 2.75) is 71.6 Å². The van der Waals surface area contributed by atoms with E-state index in [4.69, 9.17) is 0 Å². The maximum absolute atomic E-state index is 3.95. The lowest BCUT2D eigenvalue weighted by atomic mass is 9.73. The molecule has 0 heterocycles. The molecule has 0 aliphatic heterocycles. The van der Waals surface area contributed by atoms with Crippen molar-refractivity contribution in [3.8, 4) is 0 Å². The van der Waals surface area contributed by atoms with Crippen LogP contribution in [0.1, 0.15) is 71.6 Å². The van der Waals surface area contributed by atoms with Gasteiger partial charge in [0, 0.05) is 0 Å². The van der Waals surface area contributed by atoms with Crippen LogP contribution in [-0.2, 0) is 0 Å². The molecule has 0 aromatic carbocycles. The van der Waals surface area contributed by atoms with E-state index >= 15 is 0 Å². The minimum Gasteiger partial charge on any atom is -0.103 e. The van der Waals surface area contributed by atoms with Gasteiger partial charge in [-0.2, -0.15) is 0 Å². The van der Waals surface area contributed by atoms with Gasteiger partial charge in [0.1, 0.15) is 0 Å². The molecule has 1 fully saturated rings. The molecule has 0 saturated heterocycles. The minimum atomic E-state index is 0.812. The van der Waals surface area contributed by atoms with Gasteiger partial charge in [-0.3, -0.25) is 0 Å². The summed E-state index contributed by atoms with van der Waals surface area (Å²) in [6.45, 7) is 8.42. The van der Waals surface area contributed by atoms with Gasteiger partial charge in [0.2, 0.25) is 0 Å². The Morgan fingerprint density at radius 2 is 1.89 bits per heavy atom. The van der Waals surface area contributed by atoms with E-state index in [1.54, 1.807) is 0 Å². The average Bonchev–Trinajstić information content (AvgIpc) is 2.42. The van der Waals surface area contributed by atoms with E-state index in [0.717, 1.165) is 17.8 Å². The lowest BCUT2D eigenvalue weighted by molar-refractivity contribution is 0.200. The Balaban J connectivity index is 2.34. The van der Waals surface area contributed by atoms with Crippen LogP contribution in [0.15, 0.2) is 24.8 Å². The van der Waals surface area contributed by atoms with Gasteiger partial charge in [-0.1, -0.05) is 38.0 Å².